The highest BCUT2D eigenvalue weighted by atomic mass is 35.5. The van der Waals surface area contributed by atoms with Crippen LogP contribution in [0, 0.1) is 0 Å². The smallest absolute Gasteiger partial charge is 0.270 e. The molecule has 2 heterocycles. The van der Waals surface area contributed by atoms with Gasteiger partial charge in [-0.3, -0.25) is 9.78 Å². The Balaban J connectivity index is 2.25. The molecule has 0 atom stereocenters. The molecule has 0 bridgehead atoms. The first-order valence-electron chi connectivity index (χ1n) is 8.33. The zero-order valence-corrected chi connectivity index (χ0v) is 16.2. The van der Waals surface area contributed by atoms with E-state index in [9.17, 15) is 23.4 Å². The Kier molecular flexibility index (Phi) is 4.52. The van der Waals surface area contributed by atoms with E-state index in [1.165, 1.54) is 18.3 Å². The Morgan fingerprint density at radius 2 is 1.76 bits per heavy atom. The second-order valence-electron chi connectivity index (χ2n) is 6.19. The molecule has 2 aromatic heterocycles. The lowest BCUT2D eigenvalue weighted by Gasteiger charge is -2.18. The third-order valence-corrected chi connectivity index (χ3v) is 6.40. The maximum absolute atomic E-state index is 13.5. The molecule has 146 valence electrons. The Bertz CT molecular complexity index is 1420. The van der Waals surface area contributed by atoms with Crippen molar-refractivity contribution in [2.24, 2.45) is 0 Å². The van der Waals surface area contributed by atoms with E-state index in [0.29, 0.717) is 5.56 Å². The van der Waals surface area contributed by atoms with Crippen LogP contribution in [0.1, 0.15) is 0 Å². The zero-order valence-electron chi connectivity index (χ0n) is 14.7. The van der Waals surface area contributed by atoms with Crippen molar-refractivity contribution in [3.8, 4) is 22.8 Å². The molecule has 29 heavy (non-hydrogen) atoms. The van der Waals surface area contributed by atoms with Crippen LogP contribution in [-0.2, 0) is 10.0 Å². The molecule has 0 saturated carbocycles. The SMILES string of the molecule is O=c1cc(-c2ccccc2Cl)n(S(=O)(=O)c2cccnc2)c2cc(O)cc(O)c12. The maximum Gasteiger partial charge on any atom is 0.270 e. The number of hydrogen-bond acceptors (Lipinski definition) is 6. The quantitative estimate of drug-likeness (QED) is 0.517. The van der Waals surface area contributed by atoms with E-state index < -0.39 is 27.0 Å². The number of nitrogens with zero attached hydrogens (tertiary/aromatic N) is 2. The van der Waals surface area contributed by atoms with Crippen molar-refractivity contribution in [3.63, 3.8) is 0 Å². The van der Waals surface area contributed by atoms with Crippen molar-refractivity contribution in [1.29, 1.82) is 0 Å². The number of benzene rings is 2. The average molecular weight is 429 g/mol. The minimum Gasteiger partial charge on any atom is -0.508 e. The van der Waals surface area contributed by atoms with Crippen LogP contribution < -0.4 is 5.43 Å². The Morgan fingerprint density at radius 3 is 2.45 bits per heavy atom. The van der Waals surface area contributed by atoms with Crippen LogP contribution in [-0.4, -0.2) is 27.6 Å². The summed E-state index contributed by atoms with van der Waals surface area (Å²) in [5, 5.41) is 20.2. The minimum absolute atomic E-state index is 0.0121. The fourth-order valence-electron chi connectivity index (χ4n) is 3.11. The van der Waals surface area contributed by atoms with Crippen LogP contribution in [0.5, 0.6) is 11.5 Å². The normalized spacial score (nSPS) is 11.6. The van der Waals surface area contributed by atoms with E-state index in [1.807, 2.05) is 0 Å². The predicted molar refractivity (Wildman–Crippen MR) is 109 cm³/mol. The summed E-state index contributed by atoms with van der Waals surface area (Å²) in [6.45, 7) is 0. The van der Waals surface area contributed by atoms with Gasteiger partial charge in [0.15, 0.2) is 5.43 Å². The van der Waals surface area contributed by atoms with E-state index >= 15 is 0 Å². The first-order valence-corrected chi connectivity index (χ1v) is 10.1. The summed E-state index contributed by atoms with van der Waals surface area (Å²) in [6.07, 6.45) is 2.59. The molecule has 0 saturated heterocycles. The van der Waals surface area contributed by atoms with Crippen LogP contribution in [0.15, 0.2) is 76.7 Å². The number of aromatic hydroxyl groups is 2. The van der Waals surface area contributed by atoms with Gasteiger partial charge in [0.1, 0.15) is 16.4 Å². The molecule has 0 aliphatic heterocycles. The van der Waals surface area contributed by atoms with Gasteiger partial charge in [0.05, 0.1) is 16.6 Å². The van der Waals surface area contributed by atoms with Crippen LogP contribution >= 0.6 is 11.6 Å². The van der Waals surface area contributed by atoms with Crippen molar-refractivity contribution in [1.82, 2.24) is 8.96 Å². The van der Waals surface area contributed by atoms with Crippen LogP contribution in [0.3, 0.4) is 0 Å². The highest BCUT2D eigenvalue weighted by Crippen LogP contribution is 2.35. The van der Waals surface area contributed by atoms with Crippen molar-refractivity contribution in [3.05, 3.63) is 82.2 Å². The third kappa shape index (κ3) is 3.12. The van der Waals surface area contributed by atoms with Gasteiger partial charge in [-0.15, -0.1) is 0 Å². The van der Waals surface area contributed by atoms with Crippen molar-refractivity contribution < 1.29 is 18.6 Å². The molecule has 0 amide bonds. The highest BCUT2D eigenvalue weighted by molar-refractivity contribution is 7.90. The molecule has 0 aliphatic rings. The molecule has 0 unspecified atom stereocenters. The fraction of sp³-hybridized carbons (Fsp3) is 0. The summed E-state index contributed by atoms with van der Waals surface area (Å²) >= 11 is 6.27. The molecule has 0 spiro atoms. The lowest BCUT2D eigenvalue weighted by molar-refractivity contribution is 0.454. The van der Waals surface area contributed by atoms with Crippen LogP contribution in [0.25, 0.3) is 22.2 Å². The Morgan fingerprint density at radius 1 is 1.00 bits per heavy atom. The molecule has 4 aromatic rings. The molecule has 7 nitrogen and oxygen atoms in total. The van der Waals surface area contributed by atoms with E-state index in [1.54, 1.807) is 24.3 Å². The van der Waals surface area contributed by atoms with Gasteiger partial charge in [0.2, 0.25) is 0 Å². The van der Waals surface area contributed by atoms with Crippen molar-refractivity contribution in [2.45, 2.75) is 4.90 Å². The van der Waals surface area contributed by atoms with E-state index in [-0.39, 0.29) is 26.5 Å². The molecule has 0 fully saturated rings. The minimum atomic E-state index is -4.28. The number of rotatable bonds is 3. The molecule has 0 aliphatic carbocycles. The van der Waals surface area contributed by atoms with Gasteiger partial charge in [-0.25, -0.2) is 12.4 Å². The molecule has 2 aromatic carbocycles. The largest absolute Gasteiger partial charge is 0.508 e. The maximum atomic E-state index is 13.5. The average Bonchev–Trinajstić information content (AvgIpc) is 2.68. The summed E-state index contributed by atoms with van der Waals surface area (Å²) in [4.78, 5) is 16.4. The monoisotopic (exact) mass is 428 g/mol. The number of aromatic nitrogens is 2. The van der Waals surface area contributed by atoms with Gasteiger partial charge < -0.3 is 10.2 Å². The van der Waals surface area contributed by atoms with Gasteiger partial charge in [0.25, 0.3) is 10.0 Å². The third-order valence-electron chi connectivity index (χ3n) is 4.36. The molecule has 0 radical (unpaired) electrons. The highest BCUT2D eigenvalue weighted by Gasteiger charge is 2.26. The van der Waals surface area contributed by atoms with Crippen molar-refractivity contribution >= 4 is 32.5 Å². The lowest BCUT2D eigenvalue weighted by atomic mass is 10.1. The predicted octanol–water partition coefficient (Wildman–Crippen LogP) is 3.37. The number of hydrogen-bond donors (Lipinski definition) is 2. The molecular weight excluding hydrogens is 416 g/mol. The summed E-state index contributed by atoms with van der Waals surface area (Å²) in [6, 6.07) is 12.4. The number of pyridine rings is 2. The number of phenolic OH excluding ortho intramolecular Hbond substituents is 2. The summed E-state index contributed by atoms with van der Waals surface area (Å²) in [7, 11) is -4.28. The molecule has 9 heteroatoms. The van der Waals surface area contributed by atoms with E-state index in [2.05, 4.69) is 4.98 Å². The van der Waals surface area contributed by atoms with E-state index in [4.69, 9.17) is 11.6 Å². The first-order chi connectivity index (χ1) is 13.8. The molecule has 2 N–H and O–H groups in total. The Labute approximate surface area is 170 Å². The molecular formula is C20H13ClN2O5S. The standard InChI is InChI=1S/C20H13ClN2O5S/c21-15-6-2-1-5-14(15)16-10-19(26)20-17(8-12(24)9-18(20)25)23(16)29(27,28)13-4-3-7-22-11-13/h1-11,24-25H. The zero-order chi connectivity index (χ0) is 20.8. The van der Waals surface area contributed by atoms with Gasteiger partial charge >= 0.3 is 0 Å². The topological polar surface area (TPSA) is 109 Å². The first kappa shape index (κ1) is 19.0. The fourth-order valence-corrected chi connectivity index (χ4v) is 4.82. The second-order valence-corrected chi connectivity index (χ2v) is 8.38. The second kappa shape index (κ2) is 6.91. The molecule has 4 rings (SSSR count). The number of halogens is 1. The summed E-state index contributed by atoms with van der Waals surface area (Å²) < 4.78 is 27.9. The summed E-state index contributed by atoms with van der Waals surface area (Å²) in [5.41, 5.74) is -0.524. The Hall–Kier alpha value is -3.36. The van der Waals surface area contributed by atoms with Crippen molar-refractivity contribution in [2.75, 3.05) is 0 Å². The summed E-state index contributed by atoms with van der Waals surface area (Å²) in [5.74, 6) is -0.938. The van der Waals surface area contributed by atoms with Crippen LogP contribution in [0.4, 0.5) is 0 Å². The van der Waals surface area contributed by atoms with Gasteiger partial charge in [0, 0.05) is 41.2 Å². The van der Waals surface area contributed by atoms with Crippen LogP contribution in [0.2, 0.25) is 5.02 Å². The van der Waals surface area contributed by atoms with Gasteiger partial charge in [-0.2, -0.15) is 0 Å². The van der Waals surface area contributed by atoms with Gasteiger partial charge in [-0.05, 0) is 18.2 Å². The van der Waals surface area contributed by atoms with E-state index in [0.717, 1.165) is 28.4 Å². The number of fused-ring (bicyclic) bond motifs is 1. The lowest BCUT2D eigenvalue weighted by Crippen LogP contribution is -2.20. The number of phenols is 2. The van der Waals surface area contributed by atoms with Gasteiger partial charge in [-0.1, -0.05) is 29.8 Å².